The lowest BCUT2D eigenvalue weighted by Gasteiger charge is -2.32. The highest BCUT2D eigenvalue weighted by molar-refractivity contribution is 5.99. The lowest BCUT2D eigenvalue weighted by atomic mass is 9.73. The van der Waals surface area contributed by atoms with Crippen molar-refractivity contribution in [3.05, 3.63) is 35.4 Å². The summed E-state index contributed by atoms with van der Waals surface area (Å²) in [5.74, 6) is 0.568. The monoisotopic (exact) mass is 217 g/mol. The van der Waals surface area contributed by atoms with E-state index in [1.54, 1.807) is 0 Å². The van der Waals surface area contributed by atoms with Crippen molar-refractivity contribution in [1.82, 2.24) is 0 Å². The molecular formula is C15H23N. The van der Waals surface area contributed by atoms with Gasteiger partial charge in [-0.05, 0) is 28.9 Å². The Morgan fingerprint density at radius 2 is 1.81 bits per heavy atom. The van der Waals surface area contributed by atoms with E-state index in [0.717, 1.165) is 17.7 Å². The molecule has 1 N–H and O–H groups in total. The molecule has 0 bridgehead atoms. The third kappa shape index (κ3) is 2.34. The van der Waals surface area contributed by atoms with Crippen LogP contribution < -0.4 is 0 Å². The molecule has 1 nitrogen and oxygen atoms in total. The first-order valence-electron chi connectivity index (χ1n) is 6.08. The third-order valence-electron chi connectivity index (χ3n) is 3.74. The predicted molar refractivity (Wildman–Crippen MR) is 71.4 cm³/mol. The molecular weight excluding hydrogens is 194 g/mol. The van der Waals surface area contributed by atoms with Crippen LogP contribution in [0.2, 0.25) is 0 Å². The normalized spacial score (nSPS) is 11.9. The second kappa shape index (κ2) is 4.82. The number of hydrogen-bond acceptors (Lipinski definition) is 1. The molecule has 0 fully saturated rings. The summed E-state index contributed by atoms with van der Waals surface area (Å²) >= 11 is 0. The van der Waals surface area contributed by atoms with Crippen LogP contribution in [0.15, 0.2) is 24.3 Å². The van der Waals surface area contributed by atoms with Gasteiger partial charge in [-0.3, -0.25) is 0 Å². The van der Waals surface area contributed by atoms with E-state index in [1.165, 1.54) is 5.56 Å². The fraction of sp³-hybridized carbons (Fsp3) is 0.533. The summed E-state index contributed by atoms with van der Waals surface area (Å²) in [6.07, 6.45) is 0.797. The molecule has 88 valence electrons. The van der Waals surface area contributed by atoms with E-state index in [0.29, 0.717) is 5.92 Å². The van der Waals surface area contributed by atoms with E-state index < -0.39 is 0 Å². The van der Waals surface area contributed by atoms with Gasteiger partial charge in [0.25, 0.3) is 0 Å². The summed E-state index contributed by atoms with van der Waals surface area (Å²) in [6.45, 7) is 11.1. The zero-order valence-electron chi connectivity index (χ0n) is 11.1. The minimum atomic E-state index is 0.123. The van der Waals surface area contributed by atoms with Gasteiger partial charge in [0.2, 0.25) is 0 Å². The molecule has 0 aliphatic carbocycles. The highest BCUT2D eigenvalue weighted by atomic mass is 14.4. The van der Waals surface area contributed by atoms with Crippen LogP contribution in [0.25, 0.3) is 0 Å². The van der Waals surface area contributed by atoms with Crippen LogP contribution in [0.1, 0.15) is 52.2 Å². The van der Waals surface area contributed by atoms with Crippen LogP contribution in [0.4, 0.5) is 0 Å². The van der Waals surface area contributed by atoms with Crippen molar-refractivity contribution in [1.29, 1.82) is 5.41 Å². The largest absolute Gasteiger partial charge is 0.305 e. The van der Waals surface area contributed by atoms with Gasteiger partial charge in [-0.15, -0.1) is 0 Å². The lowest BCUT2D eigenvalue weighted by molar-refractivity contribution is 0.371. The summed E-state index contributed by atoms with van der Waals surface area (Å²) in [7, 11) is 0. The van der Waals surface area contributed by atoms with Crippen molar-refractivity contribution in [3.8, 4) is 0 Å². The van der Waals surface area contributed by atoms with Crippen LogP contribution in [0, 0.1) is 11.3 Å². The molecule has 0 amide bonds. The molecule has 0 aliphatic heterocycles. The van der Waals surface area contributed by atoms with Crippen molar-refractivity contribution in [3.63, 3.8) is 0 Å². The molecule has 0 spiro atoms. The molecule has 1 heteroatoms. The van der Waals surface area contributed by atoms with Crippen molar-refractivity contribution in [2.75, 3.05) is 0 Å². The maximum atomic E-state index is 8.04. The summed E-state index contributed by atoms with van der Waals surface area (Å²) < 4.78 is 0. The maximum Gasteiger partial charge on any atom is 0.0386 e. The van der Waals surface area contributed by atoms with Gasteiger partial charge in [0, 0.05) is 5.71 Å². The van der Waals surface area contributed by atoms with Gasteiger partial charge in [-0.2, -0.15) is 0 Å². The van der Waals surface area contributed by atoms with Crippen LogP contribution >= 0.6 is 0 Å². The van der Waals surface area contributed by atoms with Crippen molar-refractivity contribution in [2.45, 2.75) is 46.5 Å². The fourth-order valence-corrected chi connectivity index (χ4v) is 1.81. The Balaban J connectivity index is 3.28. The number of benzene rings is 1. The van der Waals surface area contributed by atoms with Gasteiger partial charge in [0.05, 0.1) is 0 Å². The maximum absolute atomic E-state index is 8.04. The molecule has 16 heavy (non-hydrogen) atoms. The van der Waals surface area contributed by atoms with E-state index in [4.69, 9.17) is 5.41 Å². The Morgan fingerprint density at radius 3 is 2.31 bits per heavy atom. The Morgan fingerprint density at radius 1 is 1.25 bits per heavy atom. The van der Waals surface area contributed by atoms with Crippen molar-refractivity contribution >= 4 is 5.71 Å². The zero-order valence-corrected chi connectivity index (χ0v) is 11.1. The molecule has 0 heterocycles. The number of hydrogen-bond donors (Lipinski definition) is 1. The molecule has 0 saturated heterocycles. The average Bonchev–Trinajstić information content (AvgIpc) is 2.27. The predicted octanol–water partition coefficient (Wildman–Crippen LogP) is 4.40. The number of nitrogens with one attached hydrogen (secondary N) is 1. The zero-order chi connectivity index (χ0) is 12.3. The summed E-state index contributed by atoms with van der Waals surface area (Å²) in [4.78, 5) is 0. The van der Waals surface area contributed by atoms with Crippen LogP contribution in [0.5, 0.6) is 0 Å². The van der Waals surface area contributed by atoms with E-state index in [2.05, 4.69) is 45.9 Å². The Bertz CT molecular complexity index is 375. The van der Waals surface area contributed by atoms with Gasteiger partial charge < -0.3 is 5.41 Å². The molecule has 0 aliphatic rings. The highest BCUT2D eigenvalue weighted by Crippen LogP contribution is 2.33. The van der Waals surface area contributed by atoms with Crippen LogP contribution in [0.3, 0.4) is 0 Å². The van der Waals surface area contributed by atoms with Crippen LogP contribution in [-0.2, 0) is 5.41 Å². The summed E-state index contributed by atoms with van der Waals surface area (Å²) in [5.41, 5.74) is 3.28. The standard InChI is InChI=1S/C15H23N/c1-6-14(16)12-9-7-8-10-13(12)15(4,5)11(2)3/h7-11,16H,6H2,1-5H3. The Labute approximate surface area is 99.4 Å². The second-order valence-corrected chi connectivity index (χ2v) is 5.25. The molecule has 0 aromatic heterocycles. The van der Waals surface area contributed by atoms with Gasteiger partial charge in [0.1, 0.15) is 0 Å². The molecule has 1 rings (SSSR count). The first kappa shape index (κ1) is 13.0. The van der Waals surface area contributed by atoms with Gasteiger partial charge in [-0.1, -0.05) is 58.9 Å². The van der Waals surface area contributed by atoms with E-state index >= 15 is 0 Å². The first-order valence-corrected chi connectivity index (χ1v) is 6.08. The number of rotatable bonds is 4. The molecule has 0 atom stereocenters. The minimum absolute atomic E-state index is 0.123. The van der Waals surface area contributed by atoms with Gasteiger partial charge in [0.15, 0.2) is 0 Å². The fourth-order valence-electron chi connectivity index (χ4n) is 1.81. The third-order valence-corrected chi connectivity index (χ3v) is 3.74. The first-order chi connectivity index (χ1) is 7.41. The quantitative estimate of drug-likeness (QED) is 0.723. The Hall–Kier alpha value is -1.11. The second-order valence-electron chi connectivity index (χ2n) is 5.25. The average molecular weight is 217 g/mol. The lowest BCUT2D eigenvalue weighted by Crippen LogP contribution is -2.26. The molecule has 1 aromatic carbocycles. The highest BCUT2D eigenvalue weighted by Gasteiger charge is 2.27. The van der Waals surface area contributed by atoms with Crippen LogP contribution in [-0.4, -0.2) is 5.71 Å². The van der Waals surface area contributed by atoms with E-state index in [-0.39, 0.29) is 5.41 Å². The Kier molecular flexibility index (Phi) is 3.90. The summed E-state index contributed by atoms with van der Waals surface area (Å²) in [6, 6.07) is 8.34. The minimum Gasteiger partial charge on any atom is -0.305 e. The van der Waals surface area contributed by atoms with Crippen molar-refractivity contribution < 1.29 is 0 Å². The molecule has 0 radical (unpaired) electrons. The van der Waals surface area contributed by atoms with E-state index in [9.17, 15) is 0 Å². The molecule has 0 unspecified atom stereocenters. The SMILES string of the molecule is CCC(=N)c1ccccc1C(C)(C)C(C)C. The topological polar surface area (TPSA) is 23.9 Å². The summed E-state index contributed by atoms with van der Waals surface area (Å²) in [5, 5.41) is 8.04. The smallest absolute Gasteiger partial charge is 0.0386 e. The van der Waals surface area contributed by atoms with Crippen molar-refractivity contribution in [2.24, 2.45) is 5.92 Å². The van der Waals surface area contributed by atoms with Gasteiger partial charge in [-0.25, -0.2) is 0 Å². The van der Waals surface area contributed by atoms with Gasteiger partial charge >= 0.3 is 0 Å². The molecule has 1 aromatic rings. The van der Waals surface area contributed by atoms with E-state index in [1.807, 2.05) is 13.0 Å². The molecule has 0 saturated carbocycles.